The van der Waals surface area contributed by atoms with E-state index in [-0.39, 0.29) is 36.0 Å². The SMILES string of the molecule is COC(=O)c1c(O)cccc1OCCCCNC(=O)[C@H](Cc1ccc(C2CC(=O)NS2(=O)=O)c(Br)c1)NSc1ccccc1. The van der Waals surface area contributed by atoms with Crippen LogP contribution < -0.4 is 19.5 Å². The van der Waals surface area contributed by atoms with Gasteiger partial charge in [0, 0.05) is 15.9 Å². The van der Waals surface area contributed by atoms with Gasteiger partial charge in [-0.15, -0.1) is 0 Å². The highest BCUT2D eigenvalue weighted by atomic mass is 79.9. The van der Waals surface area contributed by atoms with Gasteiger partial charge in [0.1, 0.15) is 28.4 Å². The molecule has 0 saturated carbocycles. The molecule has 0 aliphatic carbocycles. The number of amides is 2. The number of methoxy groups -OCH3 is 1. The number of rotatable bonds is 14. The van der Waals surface area contributed by atoms with Gasteiger partial charge < -0.3 is 19.9 Å². The second-order valence-corrected chi connectivity index (χ2v) is 13.5. The van der Waals surface area contributed by atoms with Gasteiger partial charge in [-0.2, -0.15) is 0 Å². The van der Waals surface area contributed by atoms with Crippen molar-refractivity contribution in [3.63, 3.8) is 0 Å². The first-order valence-electron chi connectivity index (χ1n) is 13.7. The van der Waals surface area contributed by atoms with Crippen molar-refractivity contribution in [2.24, 2.45) is 0 Å². The number of sulfonamides is 1. The first kappa shape index (κ1) is 33.3. The highest BCUT2D eigenvalue weighted by Gasteiger charge is 2.39. The first-order chi connectivity index (χ1) is 21.1. The van der Waals surface area contributed by atoms with Crippen LogP contribution in [0.1, 0.15) is 46.0 Å². The number of carbonyl (C=O) groups is 3. The third-order valence-electron chi connectivity index (χ3n) is 6.75. The molecule has 2 amide bonds. The molecule has 4 rings (SSSR count). The maximum absolute atomic E-state index is 13.3. The molecule has 4 N–H and O–H groups in total. The molecule has 0 aromatic heterocycles. The van der Waals surface area contributed by atoms with Crippen molar-refractivity contribution in [2.45, 2.75) is 41.9 Å². The Kier molecular flexibility index (Phi) is 11.7. The molecule has 1 aliphatic heterocycles. The third-order valence-corrected chi connectivity index (χ3v) is 10.0. The van der Waals surface area contributed by atoms with E-state index in [0.29, 0.717) is 35.8 Å². The van der Waals surface area contributed by atoms with Gasteiger partial charge >= 0.3 is 5.97 Å². The summed E-state index contributed by atoms with van der Waals surface area (Å²) < 4.78 is 40.9. The predicted molar refractivity (Wildman–Crippen MR) is 169 cm³/mol. The van der Waals surface area contributed by atoms with Crippen LogP contribution in [0.2, 0.25) is 0 Å². The van der Waals surface area contributed by atoms with Crippen LogP contribution in [0, 0.1) is 0 Å². The molecule has 1 saturated heterocycles. The number of hydrogen-bond donors (Lipinski definition) is 4. The lowest BCUT2D eigenvalue weighted by molar-refractivity contribution is -0.122. The predicted octanol–water partition coefficient (Wildman–Crippen LogP) is 4.02. The molecule has 1 unspecified atom stereocenters. The average molecular weight is 707 g/mol. The van der Waals surface area contributed by atoms with Crippen LogP contribution in [-0.2, 0) is 30.8 Å². The largest absolute Gasteiger partial charge is 0.507 e. The minimum atomic E-state index is -3.79. The quantitative estimate of drug-likeness (QED) is 0.110. The summed E-state index contributed by atoms with van der Waals surface area (Å²) in [6.07, 6.45) is 1.34. The lowest BCUT2D eigenvalue weighted by atomic mass is 10.0. The molecule has 14 heteroatoms. The number of esters is 1. The van der Waals surface area contributed by atoms with Gasteiger partial charge in [0.05, 0.1) is 20.1 Å². The minimum absolute atomic E-state index is 0.0390. The number of phenolic OH excluding ortho intramolecular Hbond substituents is 1. The van der Waals surface area contributed by atoms with Gasteiger partial charge in [-0.05, 0) is 72.7 Å². The summed E-state index contributed by atoms with van der Waals surface area (Å²) in [5, 5.41) is 12.0. The second-order valence-electron chi connectivity index (χ2n) is 9.90. The van der Waals surface area contributed by atoms with E-state index in [2.05, 4.69) is 26.0 Å². The van der Waals surface area contributed by atoms with Gasteiger partial charge in [-0.1, -0.05) is 52.3 Å². The maximum Gasteiger partial charge on any atom is 0.345 e. The number of phenols is 1. The number of hydrogen-bond acceptors (Lipinski definition) is 10. The molecule has 1 fully saturated rings. The zero-order valence-corrected chi connectivity index (χ0v) is 27.0. The number of ether oxygens (including phenoxy) is 2. The van der Waals surface area contributed by atoms with Crippen molar-refractivity contribution in [2.75, 3.05) is 20.3 Å². The zero-order chi connectivity index (χ0) is 31.7. The van der Waals surface area contributed by atoms with E-state index in [9.17, 15) is 27.9 Å². The van der Waals surface area contributed by atoms with Crippen LogP contribution in [0.5, 0.6) is 11.5 Å². The van der Waals surface area contributed by atoms with Gasteiger partial charge in [0.25, 0.3) is 0 Å². The van der Waals surface area contributed by atoms with E-state index in [4.69, 9.17) is 9.47 Å². The van der Waals surface area contributed by atoms with Gasteiger partial charge in [-0.25, -0.2) is 17.9 Å². The number of halogens is 1. The molecule has 1 aliphatic rings. The van der Waals surface area contributed by atoms with E-state index < -0.39 is 33.2 Å². The summed E-state index contributed by atoms with van der Waals surface area (Å²) in [4.78, 5) is 37.9. The maximum atomic E-state index is 13.3. The summed E-state index contributed by atoms with van der Waals surface area (Å²) >= 11 is 4.78. The average Bonchev–Trinajstić information content (AvgIpc) is 3.28. The topological polar surface area (TPSA) is 160 Å². The Labute approximate surface area is 268 Å². The number of benzene rings is 3. The standard InChI is InChI=1S/C30H32BrN3O8S2/c1-41-30(38)28-24(35)10-7-11-25(28)42-15-6-5-14-32-29(37)23(33-43-20-8-3-2-4-9-20)17-19-12-13-21(22(31)16-19)26-18-27(36)34-44(26,39)40/h2-4,7-13,16,23,26,33,35H,5-6,14-15,17-18H2,1H3,(H,32,37)(H,34,36)/t23-,26?/m0/s1. The molecular weight excluding hydrogens is 674 g/mol. The fraction of sp³-hybridized carbons (Fsp3) is 0.300. The molecule has 3 aromatic rings. The fourth-order valence-electron chi connectivity index (χ4n) is 4.53. The van der Waals surface area contributed by atoms with Crippen molar-refractivity contribution in [3.8, 4) is 11.5 Å². The molecule has 0 bridgehead atoms. The molecule has 234 valence electrons. The van der Waals surface area contributed by atoms with Crippen molar-refractivity contribution < 1.29 is 37.4 Å². The van der Waals surface area contributed by atoms with E-state index in [1.165, 1.54) is 25.1 Å². The van der Waals surface area contributed by atoms with Crippen molar-refractivity contribution in [1.82, 2.24) is 14.8 Å². The van der Waals surface area contributed by atoms with Crippen LogP contribution >= 0.6 is 27.9 Å². The number of carbonyl (C=O) groups excluding carboxylic acids is 3. The molecule has 0 spiro atoms. The zero-order valence-electron chi connectivity index (χ0n) is 23.7. The van der Waals surface area contributed by atoms with Gasteiger partial charge in [0.2, 0.25) is 21.8 Å². The molecule has 11 nitrogen and oxygen atoms in total. The molecule has 44 heavy (non-hydrogen) atoms. The van der Waals surface area contributed by atoms with Gasteiger partial charge in [0.15, 0.2) is 0 Å². The summed E-state index contributed by atoms with van der Waals surface area (Å²) in [6.45, 7) is 0.635. The summed E-state index contributed by atoms with van der Waals surface area (Å²) in [6, 6.07) is 18.6. The monoisotopic (exact) mass is 705 g/mol. The fourth-order valence-corrected chi connectivity index (χ4v) is 7.60. The second kappa shape index (κ2) is 15.4. The molecular formula is C30H32BrN3O8S2. The van der Waals surface area contributed by atoms with Crippen molar-refractivity contribution >= 4 is 55.7 Å². The Hall–Kier alpha value is -3.59. The Balaban J connectivity index is 1.35. The number of nitrogens with one attached hydrogen (secondary N) is 3. The van der Waals surface area contributed by atoms with E-state index in [0.717, 1.165) is 10.5 Å². The summed E-state index contributed by atoms with van der Waals surface area (Å²) in [5.41, 5.74) is 1.23. The van der Waals surface area contributed by atoms with E-state index in [1.807, 2.05) is 35.1 Å². The summed E-state index contributed by atoms with van der Waals surface area (Å²) in [7, 11) is -2.57. The van der Waals surface area contributed by atoms with Crippen LogP contribution in [0.3, 0.4) is 0 Å². The Morgan fingerprint density at radius 2 is 1.89 bits per heavy atom. The minimum Gasteiger partial charge on any atom is -0.507 e. The Morgan fingerprint density at radius 1 is 1.11 bits per heavy atom. The molecule has 2 atom stereocenters. The van der Waals surface area contributed by atoms with E-state index >= 15 is 0 Å². The first-order valence-corrected chi connectivity index (χ1v) is 16.9. The highest BCUT2D eigenvalue weighted by molar-refractivity contribution is 9.10. The van der Waals surface area contributed by atoms with E-state index in [1.54, 1.807) is 30.3 Å². The lowest BCUT2D eigenvalue weighted by Gasteiger charge is -2.19. The van der Waals surface area contributed by atoms with Crippen LogP contribution in [0.15, 0.2) is 76.1 Å². The number of unbranched alkanes of at least 4 members (excludes halogenated alkanes) is 1. The van der Waals surface area contributed by atoms with Crippen LogP contribution in [-0.4, -0.2) is 57.6 Å². The number of aromatic hydroxyl groups is 1. The molecule has 3 aromatic carbocycles. The van der Waals surface area contributed by atoms with Crippen molar-refractivity contribution in [1.29, 1.82) is 0 Å². The van der Waals surface area contributed by atoms with Crippen molar-refractivity contribution in [3.05, 3.63) is 87.9 Å². The Morgan fingerprint density at radius 3 is 2.57 bits per heavy atom. The molecule has 1 heterocycles. The third kappa shape index (κ3) is 8.74. The highest BCUT2D eigenvalue weighted by Crippen LogP contribution is 2.35. The smallest absolute Gasteiger partial charge is 0.345 e. The van der Waals surface area contributed by atoms with Gasteiger partial charge in [-0.3, -0.25) is 14.3 Å². The summed E-state index contributed by atoms with van der Waals surface area (Å²) in [5.74, 6) is -1.47. The molecule has 0 radical (unpaired) electrons. The van der Waals surface area contributed by atoms with Crippen LogP contribution in [0.4, 0.5) is 0 Å². The lowest BCUT2D eigenvalue weighted by Crippen LogP contribution is -2.43. The van der Waals surface area contributed by atoms with Crippen LogP contribution in [0.25, 0.3) is 0 Å². The normalized spacial score (nSPS) is 16.1. The Bertz CT molecular complexity index is 1610.